The molecule has 1 saturated carbocycles. The summed E-state index contributed by atoms with van der Waals surface area (Å²) in [7, 11) is 1.82. The average molecular weight is 276 g/mol. The van der Waals surface area contributed by atoms with Crippen molar-refractivity contribution in [3.8, 4) is 0 Å². The molecule has 110 valence electrons. The highest BCUT2D eigenvalue weighted by molar-refractivity contribution is 5.99. The van der Waals surface area contributed by atoms with Crippen molar-refractivity contribution in [3.63, 3.8) is 0 Å². The van der Waals surface area contributed by atoms with Gasteiger partial charge in [-0.05, 0) is 25.0 Å². The minimum absolute atomic E-state index is 0.0178. The van der Waals surface area contributed by atoms with Gasteiger partial charge in [-0.25, -0.2) is 0 Å². The lowest BCUT2D eigenvalue weighted by Crippen LogP contribution is -2.43. The van der Waals surface area contributed by atoms with Gasteiger partial charge in [-0.1, -0.05) is 31.4 Å². The van der Waals surface area contributed by atoms with Gasteiger partial charge in [0.05, 0.1) is 12.2 Å². The highest BCUT2D eigenvalue weighted by Gasteiger charge is 2.26. The summed E-state index contributed by atoms with van der Waals surface area (Å²) in [6, 6.07) is 7.83. The molecule has 1 amide bonds. The van der Waals surface area contributed by atoms with Gasteiger partial charge in [0.25, 0.3) is 5.91 Å². The molecule has 2 N–H and O–H groups in total. The number of benzene rings is 1. The van der Waals surface area contributed by atoms with E-state index in [0.717, 1.165) is 18.5 Å². The van der Waals surface area contributed by atoms with Crippen molar-refractivity contribution in [2.45, 2.75) is 38.1 Å². The van der Waals surface area contributed by atoms with E-state index in [1.54, 1.807) is 0 Å². The topological polar surface area (TPSA) is 52.6 Å². The zero-order valence-corrected chi connectivity index (χ0v) is 12.1. The number of anilines is 1. The molecule has 2 rings (SSSR count). The van der Waals surface area contributed by atoms with Crippen molar-refractivity contribution in [2.75, 3.05) is 25.5 Å². The van der Waals surface area contributed by atoms with Crippen molar-refractivity contribution < 1.29 is 9.90 Å². The van der Waals surface area contributed by atoms with E-state index < -0.39 is 0 Å². The van der Waals surface area contributed by atoms with E-state index in [2.05, 4.69) is 5.32 Å². The van der Waals surface area contributed by atoms with Crippen LogP contribution in [0.15, 0.2) is 24.3 Å². The number of nitrogens with zero attached hydrogens (tertiary/aromatic N) is 1. The van der Waals surface area contributed by atoms with Crippen molar-refractivity contribution in [1.29, 1.82) is 0 Å². The van der Waals surface area contributed by atoms with Gasteiger partial charge < -0.3 is 15.3 Å². The van der Waals surface area contributed by atoms with Crippen LogP contribution in [0.2, 0.25) is 0 Å². The number of para-hydroxylation sites is 1. The average Bonchev–Trinajstić information content (AvgIpc) is 2.52. The van der Waals surface area contributed by atoms with Crippen molar-refractivity contribution in [2.24, 2.45) is 0 Å². The second-order valence-electron chi connectivity index (χ2n) is 5.31. The maximum absolute atomic E-state index is 12.8. The summed E-state index contributed by atoms with van der Waals surface area (Å²) in [5.74, 6) is 0.0240. The van der Waals surface area contributed by atoms with E-state index in [1.165, 1.54) is 19.3 Å². The highest BCUT2D eigenvalue weighted by atomic mass is 16.3. The molecule has 20 heavy (non-hydrogen) atoms. The predicted molar refractivity (Wildman–Crippen MR) is 81.0 cm³/mol. The standard InChI is InChI=1S/C16H24N2O2/c1-17-15-10-6-5-9-14(15)16(20)18(11-12-19)13-7-3-2-4-8-13/h5-6,9-10,13,17,19H,2-4,7-8,11-12H2,1H3. The Morgan fingerprint density at radius 1 is 1.30 bits per heavy atom. The van der Waals surface area contributed by atoms with Gasteiger partial charge in [0.15, 0.2) is 0 Å². The number of amides is 1. The molecular weight excluding hydrogens is 252 g/mol. The molecular formula is C16H24N2O2. The highest BCUT2D eigenvalue weighted by Crippen LogP contribution is 2.25. The molecule has 1 fully saturated rings. The summed E-state index contributed by atoms with van der Waals surface area (Å²) >= 11 is 0. The van der Waals surface area contributed by atoms with E-state index in [0.29, 0.717) is 12.1 Å². The second kappa shape index (κ2) is 7.29. The van der Waals surface area contributed by atoms with Crippen LogP contribution in [0.5, 0.6) is 0 Å². The molecule has 0 unspecified atom stereocenters. The first kappa shape index (κ1) is 14.9. The van der Waals surface area contributed by atoms with Crippen LogP contribution in [0.25, 0.3) is 0 Å². The number of carbonyl (C=O) groups excluding carboxylic acids is 1. The van der Waals surface area contributed by atoms with Crippen LogP contribution in [0.4, 0.5) is 5.69 Å². The normalized spacial score (nSPS) is 15.9. The molecule has 0 aromatic heterocycles. The zero-order valence-electron chi connectivity index (χ0n) is 12.1. The lowest BCUT2D eigenvalue weighted by Gasteiger charge is -2.34. The molecule has 4 nitrogen and oxygen atoms in total. The van der Waals surface area contributed by atoms with Gasteiger partial charge in [0, 0.05) is 25.3 Å². The predicted octanol–water partition coefficient (Wildman–Crippen LogP) is 2.50. The van der Waals surface area contributed by atoms with Crippen LogP contribution in [-0.4, -0.2) is 42.2 Å². The Bertz CT molecular complexity index is 442. The van der Waals surface area contributed by atoms with Crippen LogP contribution in [0.3, 0.4) is 0 Å². The third kappa shape index (κ3) is 3.31. The third-order valence-electron chi connectivity index (χ3n) is 4.04. The molecule has 1 aromatic rings. The van der Waals surface area contributed by atoms with E-state index in [9.17, 15) is 9.90 Å². The summed E-state index contributed by atoms with van der Waals surface area (Å²) in [4.78, 5) is 14.6. The fourth-order valence-corrected chi connectivity index (χ4v) is 2.99. The van der Waals surface area contributed by atoms with Crippen LogP contribution < -0.4 is 5.32 Å². The van der Waals surface area contributed by atoms with E-state index in [4.69, 9.17) is 0 Å². The van der Waals surface area contributed by atoms with Crippen LogP contribution in [0, 0.1) is 0 Å². The quantitative estimate of drug-likeness (QED) is 0.868. The molecule has 0 heterocycles. The largest absolute Gasteiger partial charge is 0.395 e. The molecule has 0 bridgehead atoms. The van der Waals surface area contributed by atoms with E-state index in [1.807, 2.05) is 36.2 Å². The van der Waals surface area contributed by atoms with Gasteiger partial charge >= 0.3 is 0 Å². The maximum Gasteiger partial charge on any atom is 0.256 e. The van der Waals surface area contributed by atoms with Crippen LogP contribution >= 0.6 is 0 Å². The first-order valence-electron chi connectivity index (χ1n) is 7.46. The summed E-state index contributed by atoms with van der Waals surface area (Å²) in [5, 5.41) is 12.3. The Kier molecular flexibility index (Phi) is 5.41. The molecule has 1 aromatic carbocycles. The molecule has 0 radical (unpaired) electrons. The summed E-state index contributed by atoms with van der Waals surface area (Å²) in [6.45, 7) is 0.436. The molecule has 1 aliphatic rings. The molecule has 0 atom stereocenters. The first-order chi connectivity index (χ1) is 9.77. The number of rotatable bonds is 5. The third-order valence-corrected chi connectivity index (χ3v) is 4.04. The lowest BCUT2D eigenvalue weighted by atomic mass is 9.93. The zero-order chi connectivity index (χ0) is 14.4. The summed E-state index contributed by atoms with van der Waals surface area (Å²) in [5.41, 5.74) is 1.53. The molecule has 1 aliphatic carbocycles. The van der Waals surface area contributed by atoms with Crippen LogP contribution in [-0.2, 0) is 0 Å². The Morgan fingerprint density at radius 3 is 2.65 bits per heavy atom. The Hall–Kier alpha value is -1.55. The number of aliphatic hydroxyl groups excluding tert-OH is 1. The van der Waals surface area contributed by atoms with E-state index >= 15 is 0 Å². The van der Waals surface area contributed by atoms with Crippen molar-refractivity contribution in [3.05, 3.63) is 29.8 Å². The Balaban J connectivity index is 2.21. The van der Waals surface area contributed by atoms with Gasteiger partial charge in [0.1, 0.15) is 0 Å². The molecule has 0 aliphatic heterocycles. The van der Waals surface area contributed by atoms with Gasteiger partial charge in [-0.2, -0.15) is 0 Å². The van der Waals surface area contributed by atoms with Crippen molar-refractivity contribution >= 4 is 11.6 Å². The lowest BCUT2D eigenvalue weighted by molar-refractivity contribution is 0.0586. The second-order valence-corrected chi connectivity index (χ2v) is 5.31. The molecule has 4 heteroatoms. The SMILES string of the molecule is CNc1ccccc1C(=O)N(CCO)C1CCCCC1. The number of hydrogen-bond acceptors (Lipinski definition) is 3. The Labute approximate surface area is 120 Å². The van der Waals surface area contributed by atoms with E-state index in [-0.39, 0.29) is 18.6 Å². The summed E-state index contributed by atoms with van der Waals surface area (Å²) in [6.07, 6.45) is 5.70. The van der Waals surface area contributed by atoms with Gasteiger partial charge in [-0.3, -0.25) is 4.79 Å². The number of nitrogens with one attached hydrogen (secondary N) is 1. The van der Waals surface area contributed by atoms with Crippen molar-refractivity contribution in [1.82, 2.24) is 4.90 Å². The Morgan fingerprint density at radius 2 is 2.00 bits per heavy atom. The minimum atomic E-state index is 0.0178. The summed E-state index contributed by atoms with van der Waals surface area (Å²) < 4.78 is 0. The number of aliphatic hydroxyl groups is 1. The molecule has 0 spiro atoms. The minimum Gasteiger partial charge on any atom is -0.395 e. The fourth-order valence-electron chi connectivity index (χ4n) is 2.99. The first-order valence-corrected chi connectivity index (χ1v) is 7.46. The van der Waals surface area contributed by atoms with Gasteiger partial charge in [0.2, 0.25) is 0 Å². The number of hydrogen-bond donors (Lipinski definition) is 2. The fraction of sp³-hybridized carbons (Fsp3) is 0.562. The number of carbonyl (C=O) groups is 1. The smallest absolute Gasteiger partial charge is 0.256 e. The van der Waals surface area contributed by atoms with Crippen LogP contribution in [0.1, 0.15) is 42.5 Å². The molecule has 0 saturated heterocycles. The maximum atomic E-state index is 12.8. The monoisotopic (exact) mass is 276 g/mol. The van der Waals surface area contributed by atoms with Gasteiger partial charge in [-0.15, -0.1) is 0 Å².